The molecule has 0 fully saturated rings. The molecule has 7 heteroatoms. The van der Waals surface area contributed by atoms with E-state index in [-0.39, 0.29) is 23.6 Å². The van der Waals surface area contributed by atoms with Gasteiger partial charge in [0.2, 0.25) is 0 Å². The Balaban J connectivity index is 0.000000182. The summed E-state index contributed by atoms with van der Waals surface area (Å²) in [4.78, 5) is 8.14. The van der Waals surface area contributed by atoms with E-state index >= 15 is 0 Å². The van der Waals surface area contributed by atoms with E-state index in [4.69, 9.17) is 9.47 Å². The summed E-state index contributed by atoms with van der Waals surface area (Å²) in [6.45, 7) is 6.37. The molecule has 0 radical (unpaired) electrons. The number of aryl methyl sites for hydroxylation is 1. The van der Waals surface area contributed by atoms with Crippen LogP contribution in [-0.2, 0) is 4.74 Å². The number of halogens is 3. The van der Waals surface area contributed by atoms with Crippen molar-refractivity contribution in [1.29, 1.82) is 0 Å². The third-order valence-corrected chi connectivity index (χ3v) is 4.99. The van der Waals surface area contributed by atoms with Crippen LogP contribution in [0.1, 0.15) is 30.9 Å². The predicted octanol–water partition coefficient (Wildman–Crippen LogP) is 6.34. The maximum atomic E-state index is 14.0. The zero-order valence-corrected chi connectivity index (χ0v) is 18.5. The molecule has 0 aliphatic heterocycles. The molecule has 2 aromatic carbocycles. The largest absolute Gasteiger partial charge is 0.487 e. The Morgan fingerprint density at radius 2 is 1.47 bits per heavy atom. The third kappa shape index (κ3) is 4.99. The molecule has 0 aliphatic carbocycles. The minimum atomic E-state index is -0.611. The van der Waals surface area contributed by atoms with Gasteiger partial charge in [-0.2, -0.15) is 0 Å². The summed E-state index contributed by atoms with van der Waals surface area (Å²) >= 11 is 0. The Hall–Kier alpha value is -3.19. The standard InChI is InChI=1S/C13H14FN.C12H11F2NO2/c1-8(2)10-6-7-15-11-5-4-9(3)13(14)12(10)11;1-16-6-7-17-12-9(14)2-3-10-11(12)8(13)4-5-15-10/h4-8H,1-3H3;2-5H,6-7H2,1H3. The minimum Gasteiger partial charge on any atom is -0.487 e. The van der Waals surface area contributed by atoms with E-state index in [1.165, 1.54) is 31.5 Å². The summed E-state index contributed by atoms with van der Waals surface area (Å²) in [5.74, 6) is -1.11. The van der Waals surface area contributed by atoms with Gasteiger partial charge in [0.15, 0.2) is 11.6 Å². The van der Waals surface area contributed by atoms with Crippen LogP contribution in [0.15, 0.2) is 48.8 Å². The second-order valence-corrected chi connectivity index (χ2v) is 7.55. The van der Waals surface area contributed by atoms with Crippen LogP contribution >= 0.6 is 0 Å². The molecule has 2 heterocycles. The van der Waals surface area contributed by atoms with E-state index in [1.807, 2.05) is 12.1 Å². The number of fused-ring (bicyclic) bond motifs is 2. The highest BCUT2D eigenvalue weighted by atomic mass is 19.1. The Labute approximate surface area is 185 Å². The number of nitrogens with zero attached hydrogens (tertiary/aromatic N) is 2. The molecular weight excluding hydrogens is 417 g/mol. The van der Waals surface area contributed by atoms with Crippen LogP contribution in [0, 0.1) is 24.4 Å². The van der Waals surface area contributed by atoms with Gasteiger partial charge in [-0.15, -0.1) is 0 Å². The quantitative estimate of drug-likeness (QED) is 0.338. The van der Waals surface area contributed by atoms with Crippen LogP contribution in [0.4, 0.5) is 13.2 Å². The van der Waals surface area contributed by atoms with E-state index in [0.29, 0.717) is 29.0 Å². The maximum Gasteiger partial charge on any atom is 0.167 e. The fourth-order valence-electron chi connectivity index (χ4n) is 3.33. The lowest BCUT2D eigenvalue weighted by Crippen LogP contribution is -2.06. The SMILES string of the molecule is COCCOc1c(F)ccc2nccc(F)c12.Cc1ccc2nccc(C(C)C)c2c1F. The summed E-state index contributed by atoms with van der Waals surface area (Å²) in [7, 11) is 1.50. The van der Waals surface area contributed by atoms with Crippen LogP contribution in [0.3, 0.4) is 0 Å². The highest BCUT2D eigenvalue weighted by Crippen LogP contribution is 2.30. The number of ether oxygens (including phenoxy) is 2. The summed E-state index contributed by atoms with van der Waals surface area (Å²) in [5.41, 5.74) is 2.81. The van der Waals surface area contributed by atoms with Crippen LogP contribution in [0.2, 0.25) is 0 Å². The normalized spacial score (nSPS) is 11.0. The first-order chi connectivity index (χ1) is 15.3. The average Bonchev–Trinajstić information content (AvgIpc) is 2.78. The molecule has 0 amide bonds. The van der Waals surface area contributed by atoms with Gasteiger partial charge in [-0.3, -0.25) is 9.97 Å². The van der Waals surface area contributed by atoms with E-state index in [9.17, 15) is 13.2 Å². The molecule has 4 nitrogen and oxygen atoms in total. The zero-order chi connectivity index (χ0) is 23.3. The molecule has 0 saturated heterocycles. The number of benzene rings is 2. The second kappa shape index (κ2) is 10.4. The molecule has 32 heavy (non-hydrogen) atoms. The molecule has 2 aromatic heterocycles. The monoisotopic (exact) mass is 442 g/mol. The van der Waals surface area contributed by atoms with Crippen molar-refractivity contribution >= 4 is 21.8 Å². The van der Waals surface area contributed by atoms with Crippen molar-refractivity contribution in [3.63, 3.8) is 0 Å². The number of aromatic nitrogens is 2. The molecule has 0 spiro atoms. The van der Waals surface area contributed by atoms with Gasteiger partial charge < -0.3 is 9.47 Å². The van der Waals surface area contributed by atoms with Gasteiger partial charge >= 0.3 is 0 Å². The van der Waals surface area contributed by atoms with Gasteiger partial charge in [0, 0.05) is 24.9 Å². The Morgan fingerprint density at radius 3 is 2.16 bits per heavy atom. The first-order valence-electron chi connectivity index (χ1n) is 10.2. The van der Waals surface area contributed by atoms with Crippen LogP contribution in [0.5, 0.6) is 5.75 Å². The number of pyridine rings is 2. The molecule has 0 bridgehead atoms. The molecule has 4 aromatic rings. The highest BCUT2D eigenvalue weighted by molar-refractivity contribution is 5.86. The van der Waals surface area contributed by atoms with Crippen LogP contribution < -0.4 is 4.74 Å². The zero-order valence-electron chi connectivity index (χ0n) is 18.5. The van der Waals surface area contributed by atoms with Crippen molar-refractivity contribution in [3.8, 4) is 5.75 Å². The van der Waals surface area contributed by atoms with Gasteiger partial charge in [0.1, 0.15) is 18.2 Å². The third-order valence-electron chi connectivity index (χ3n) is 4.99. The minimum absolute atomic E-state index is 0.0589. The smallest absolute Gasteiger partial charge is 0.167 e. The first-order valence-corrected chi connectivity index (χ1v) is 10.2. The number of rotatable bonds is 5. The van der Waals surface area contributed by atoms with Crippen molar-refractivity contribution < 1.29 is 22.6 Å². The van der Waals surface area contributed by atoms with Gasteiger partial charge in [-0.05, 0) is 54.3 Å². The molecule has 4 rings (SSSR count). The van der Waals surface area contributed by atoms with Gasteiger partial charge in [-0.1, -0.05) is 19.9 Å². The van der Waals surface area contributed by atoms with Crippen molar-refractivity contribution in [2.24, 2.45) is 0 Å². The fourth-order valence-corrected chi connectivity index (χ4v) is 3.33. The summed E-state index contributed by atoms with van der Waals surface area (Å²) in [5, 5.41) is 0.733. The molecule has 0 saturated carbocycles. The van der Waals surface area contributed by atoms with E-state index in [2.05, 4.69) is 23.8 Å². The van der Waals surface area contributed by atoms with E-state index in [0.717, 1.165) is 11.1 Å². The van der Waals surface area contributed by atoms with E-state index in [1.54, 1.807) is 19.2 Å². The summed E-state index contributed by atoms with van der Waals surface area (Å²) in [6.07, 6.45) is 3.07. The van der Waals surface area contributed by atoms with Crippen LogP contribution in [-0.4, -0.2) is 30.3 Å². The number of hydrogen-bond donors (Lipinski definition) is 0. The van der Waals surface area contributed by atoms with Crippen LogP contribution in [0.25, 0.3) is 21.8 Å². The molecule has 0 unspecified atom stereocenters. The molecule has 168 valence electrons. The van der Waals surface area contributed by atoms with E-state index < -0.39 is 11.6 Å². The van der Waals surface area contributed by atoms with Crippen molar-refractivity contribution in [3.05, 3.63) is 77.4 Å². The lowest BCUT2D eigenvalue weighted by Gasteiger charge is -2.10. The summed E-state index contributed by atoms with van der Waals surface area (Å²) < 4.78 is 51.1. The Bertz CT molecular complexity index is 1230. The van der Waals surface area contributed by atoms with Gasteiger partial charge in [0.25, 0.3) is 0 Å². The van der Waals surface area contributed by atoms with Gasteiger partial charge in [0.05, 0.1) is 23.0 Å². The Kier molecular flexibility index (Phi) is 7.64. The molecule has 0 aliphatic rings. The molecular formula is C25H25F3N2O2. The highest BCUT2D eigenvalue weighted by Gasteiger charge is 2.14. The summed E-state index contributed by atoms with van der Waals surface area (Å²) in [6, 6.07) is 9.34. The van der Waals surface area contributed by atoms with Crippen molar-refractivity contribution in [2.75, 3.05) is 20.3 Å². The molecule has 0 N–H and O–H groups in total. The van der Waals surface area contributed by atoms with Crippen molar-refractivity contribution in [2.45, 2.75) is 26.7 Å². The molecule has 0 atom stereocenters. The maximum absolute atomic E-state index is 14.0. The predicted molar refractivity (Wildman–Crippen MR) is 120 cm³/mol. The fraction of sp³-hybridized carbons (Fsp3) is 0.280. The van der Waals surface area contributed by atoms with Gasteiger partial charge in [-0.25, -0.2) is 13.2 Å². The lowest BCUT2D eigenvalue weighted by molar-refractivity contribution is 0.144. The topological polar surface area (TPSA) is 44.2 Å². The average molecular weight is 442 g/mol. The number of methoxy groups -OCH3 is 1. The lowest BCUT2D eigenvalue weighted by atomic mass is 9.97. The second-order valence-electron chi connectivity index (χ2n) is 7.55. The first kappa shape index (κ1) is 23.5. The Morgan fingerprint density at radius 1 is 0.812 bits per heavy atom. The van der Waals surface area contributed by atoms with Crippen molar-refractivity contribution in [1.82, 2.24) is 9.97 Å². The number of hydrogen-bond acceptors (Lipinski definition) is 4.